The lowest BCUT2D eigenvalue weighted by Gasteiger charge is -2.08. The Labute approximate surface area is 158 Å². The van der Waals surface area contributed by atoms with Gasteiger partial charge in [-0.15, -0.1) is 6.42 Å². The fraction of sp³-hybridized carbons (Fsp3) is 0.529. The molecule has 152 valence electrons. The van der Waals surface area contributed by atoms with Crippen LogP contribution in [0.2, 0.25) is 0 Å². The average Bonchev–Trinajstić information content (AvgIpc) is 2.62. The van der Waals surface area contributed by atoms with E-state index < -0.39 is 10.5 Å². The van der Waals surface area contributed by atoms with Crippen LogP contribution >= 0.6 is 0 Å². The van der Waals surface area contributed by atoms with Crippen LogP contribution in [-0.4, -0.2) is 67.9 Å². The summed E-state index contributed by atoms with van der Waals surface area (Å²) in [4.78, 5) is 0. The lowest BCUT2D eigenvalue weighted by molar-refractivity contribution is -0.00187. The average molecular weight is 406 g/mol. The normalized spacial score (nSPS) is 11.1. The van der Waals surface area contributed by atoms with Gasteiger partial charge in [0.25, 0.3) is 0 Å². The van der Waals surface area contributed by atoms with Gasteiger partial charge in [-0.25, -0.2) is 0 Å². The summed E-state index contributed by atoms with van der Waals surface area (Å²) < 4.78 is 63.4. The van der Waals surface area contributed by atoms with Gasteiger partial charge >= 0.3 is 10.5 Å². The van der Waals surface area contributed by atoms with Gasteiger partial charge in [-0.3, -0.25) is 0 Å². The fourth-order valence-electron chi connectivity index (χ4n) is 1.72. The first kappa shape index (κ1) is 23.1. The van der Waals surface area contributed by atoms with E-state index in [1.165, 1.54) is 24.3 Å². The second-order valence-corrected chi connectivity index (χ2v) is 5.84. The van der Waals surface area contributed by atoms with Gasteiger partial charge in [0.15, 0.2) is 0 Å². The van der Waals surface area contributed by atoms with Gasteiger partial charge in [0, 0.05) is 0 Å². The number of rotatable bonds is 16. The van der Waals surface area contributed by atoms with Gasteiger partial charge in [-0.1, -0.05) is 9.81 Å². The zero-order valence-corrected chi connectivity index (χ0v) is 15.6. The van der Waals surface area contributed by atoms with E-state index in [0.717, 1.165) is 0 Å². The largest absolute Gasteiger partial charge is 0.491 e. The number of ether oxygens (including phenoxy) is 5. The van der Waals surface area contributed by atoms with E-state index in [0.29, 0.717) is 58.6 Å². The lowest BCUT2D eigenvalue weighted by Crippen LogP contribution is -2.13. The standard InChI is InChI=1S/C17H23FO8S/c1-2-7-21-8-9-22-10-11-23-12-13-24-14-15-25-16-3-5-17(6-4-16)26-27(18,19)20/h1,3-6H,7-15H2. The number of benzene rings is 1. The van der Waals surface area contributed by atoms with Gasteiger partial charge in [0.1, 0.15) is 24.7 Å². The van der Waals surface area contributed by atoms with Crippen LogP contribution < -0.4 is 8.92 Å². The minimum absolute atomic E-state index is 0.137. The van der Waals surface area contributed by atoms with Crippen molar-refractivity contribution in [1.82, 2.24) is 0 Å². The number of halogens is 1. The third-order valence-corrected chi connectivity index (χ3v) is 3.21. The van der Waals surface area contributed by atoms with Crippen molar-refractivity contribution in [3.63, 3.8) is 0 Å². The summed E-state index contributed by atoms with van der Waals surface area (Å²) >= 11 is 0. The Bertz CT molecular complexity index is 642. The third-order valence-electron chi connectivity index (χ3n) is 2.82. The molecular weight excluding hydrogens is 383 g/mol. The summed E-state index contributed by atoms with van der Waals surface area (Å²) in [6.07, 6.45) is 5.03. The summed E-state index contributed by atoms with van der Waals surface area (Å²) in [6, 6.07) is 5.48. The van der Waals surface area contributed by atoms with Crippen LogP contribution in [0.15, 0.2) is 24.3 Å². The van der Waals surface area contributed by atoms with E-state index in [9.17, 15) is 12.3 Å². The summed E-state index contributed by atoms with van der Waals surface area (Å²) in [5.74, 6) is 2.70. The summed E-state index contributed by atoms with van der Waals surface area (Å²) in [6.45, 7) is 3.62. The maximum atomic E-state index is 12.3. The van der Waals surface area contributed by atoms with Crippen molar-refractivity contribution < 1.29 is 40.2 Å². The maximum absolute atomic E-state index is 12.3. The Hall–Kier alpha value is -1.90. The highest BCUT2D eigenvalue weighted by Gasteiger charge is 2.09. The predicted molar refractivity (Wildman–Crippen MR) is 94.7 cm³/mol. The predicted octanol–water partition coefficient (Wildman–Crippen LogP) is 1.36. The van der Waals surface area contributed by atoms with Crippen LogP contribution in [0.1, 0.15) is 0 Å². The van der Waals surface area contributed by atoms with Crippen LogP contribution in [0.5, 0.6) is 11.5 Å². The highest BCUT2D eigenvalue weighted by Crippen LogP contribution is 2.19. The number of hydrogen-bond donors (Lipinski definition) is 0. The van der Waals surface area contributed by atoms with Crippen molar-refractivity contribution in [3.8, 4) is 23.8 Å². The van der Waals surface area contributed by atoms with Crippen LogP contribution in [0.4, 0.5) is 3.89 Å². The van der Waals surface area contributed by atoms with E-state index in [2.05, 4.69) is 10.1 Å². The van der Waals surface area contributed by atoms with Crippen molar-refractivity contribution in [2.45, 2.75) is 0 Å². The van der Waals surface area contributed by atoms with Crippen molar-refractivity contribution in [1.29, 1.82) is 0 Å². The van der Waals surface area contributed by atoms with Crippen LogP contribution in [0.25, 0.3) is 0 Å². The quantitative estimate of drug-likeness (QED) is 0.231. The first-order chi connectivity index (χ1) is 13.0. The Balaban J connectivity index is 1.92. The van der Waals surface area contributed by atoms with E-state index >= 15 is 0 Å². The monoisotopic (exact) mass is 406 g/mol. The molecule has 0 aliphatic carbocycles. The molecule has 0 aliphatic heterocycles. The van der Waals surface area contributed by atoms with Crippen molar-refractivity contribution in [2.24, 2.45) is 0 Å². The van der Waals surface area contributed by atoms with Crippen LogP contribution in [-0.2, 0) is 29.5 Å². The molecule has 1 aromatic carbocycles. The maximum Gasteiger partial charge on any atom is 0.488 e. The topological polar surface area (TPSA) is 89.5 Å². The molecule has 0 heterocycles. The molecule has 0 saturated carbocycles. The molecule has 0 N–H and O–H groups in total. The van der Waals surface area contributed by atoms with E-state index in [4.69, 9.17) is 30.1 Å². The molecule has 8 nitrogen and oxygen atoms in total. The molecule has 0 fully saturated rings. The van der Waals surface area contributed by atoms with Gasteiger partial charge < -0.3 is 27.9 Å². The molecule has 1 aromatic rings. The van der Waals surface area contributed by atoms with Gasteiger partial charge in [0.2, 0.25) is 0 Å². The first-order valence-electron chi connectivity index (χ1n) is 8.12. The molecule has 0 aromatic heterocycles. The highest BCUT2D eigenvalue weighted by molar-refractivity contribution is 7.81. The zero-order chi connectivity index (χ0) is 19.8. The Morgan fingerprint density at radius 3 is 1.70 bits per heavy atom. The Kier molecular flexibility index (Phi) is 12.2. The second-order valence-electron chi connectivity index (χ2n) is 4.89. The van der Waals surface area contributed by atoms with Crippen LogP contribution in [0, 0.1) is 12.3 Å². The first-order valence-corrected chi connectivity index (χ1v) is 9.43. The summed E-state index contributed by atoms with van der Waals surface area (Å²) in [7, 11) is -5.02. The molecule has 0 bridgehead atoms. The van der Waals surface area contributed by atoms with Gasteiger partial charge in [-0.2, -0.15) is 8.42 Å². The Morgan fingerprint density at radius 2 is 1.22 bits per heavy atom. The van der Waals surface area contributed by atoms with Crippen molar-refractivity contribution in [3.05, 3.63) is 24.3 Å². The molecule has 0 unspecified atom stereocenters. The van der Waals surface area contributed by atoms with E-state index in [1.807, 2.05) is 0 Å². The summed E-state index contributed by atoms with van der Waals surface area (Å²) in [5.41, 5.74) is 0. The molecule has 0 spiro atoms. The zero-order valence-electron chi connectivity index (χ0n) is 14.8. The second kappa shape index (κ2) is 14.2. The SMILES string of the molecule is C#CCOCCOCCOCCOCCOc1ccc(OS(=O)(=O)F)cc1. The summed E-state index contributed by atoms with van der Waals surface area (Å²) in [5, 5.41) is 0. The van der Waals surface area contributed by atoms with Crippen LogP contribution in [0.3, 0.4) is 0 Å². The molecular formula is C17H23FO8S. The number of terminal acetylenes is 1. The Morgan fingerprint density at radius 1 is 0.778 bits per heavy atom. The molecule has 10 heteroatoms. The third kappa shape index (κ3) is 13.9. The number of hydrogen-bond acceptors (Lipinski definition) is 8. The molecule has 0 saturated heterocycles. The van der Waals surface area contributed by atoms with Gasteiger partial charge in [-0.05, 0) is 24.3 Å². The van der Waals surface area contributed by atoms with E-state index in [-0.39, 0.29) is 12.4 Å². The molecule has 0 aliphatic rings. The molecule has 0 atom stereocenters. The van der Waals surface area contributed by atoms with Crippen molar-refractivity contribution >= 4 is 10.5 Å². The van der Waals surface area contributed by atoms with Crippen molar-refractivity contribution in [2.75, 3.05) is 59.5 Å². The highest BCUT2D eigenvalue weighted by atomic mass is 32.3. The fourth-order valence-corrected chi connectivity index (χ4v) is 2.06. The minimum Gasteiger partial charge on any atom is -0.491 e. The van der Waals surface area contributed by atoms with E-state index in [1.54, 1.807) is 0 Å². The molecule has 1 rings (SSSR count). The minimum atomic E-state index is -5.02. The molecule has 27 heavy (non-hydrogen) atoms. The lowest BCUT2D eigenvalue weighted by atomic mass is 10.3. The smallest absolute Gasteiger partial charge is 0.488 e. The van der Waals surface area contributed by atoms with Gasteiger partial charge in [0.05, 0.1) is 46.2 Å². The molecule has 0 amide bonds. The molecule has 0 radical (unpaired) electrons.